The van der Waals surface area contributed by atoms with Gasteiger partial charge in [0.25, 0.3) is 5.56 Å². The second kappa shape index (κ2) is 5.43. The van der Waals surface area contributed by atoms with Crippen molar-refractivity contribution in [3.05, 3.63) is 62.4 Å². The van der Waals surface area contributed by atoms with Crippen molar-refractivity contribution in [2.24, 2.45) is 0 Å². The minimum atomic E-state index is -0.149. The molecule has 0 bridgehead atoms. The first-order valence-electron chi connectivity index (χ1n) is 7.37. The van der Waals surface area contributed by atoms with Crippen LogP contribution >= 0.6 is 27.3 Å². The van der Waals surface area contributed by atoms with Crippen LogP contribution in [0.15, 0.2) is 45.7 Å². The smallest absolute Gasteiger partial charge is 0.258 e. The van der Waals surface area contributed by atoms with E-state index in [0.29, 0.717) is 19.9 Å². The van der Waals surface area contributed by atoms with Crippen molar-refractivity contribution < 1.29 is 5.11 Å². The summed E-state index contributed by atoms with van der Waals surface area (Å²) < 4.78 is 2.23. The highest BCUT2D eigenvalue weighted by Gasteiger charge is 2.14. The largest absolute Gasteiger partial charge is 0.506 e. The van der Waals surface area contributed by atoms with Crippen LogP contribution in [-0.4, -0.2) is 14.5 Å². The molecule has 0 aliphatic rings. The third-order valence-corrected chi connectivity index (χ3v) is 5.82. The van der Waals surface area contributed by atoms with E-state index in [1.165, 1.54) is 11.3 Å². The van der Waals surface area contributed by atoms with Gasteiger partial charge in [-0.1, -0.05) is 17.4 Å². The number of benzene rings is 2. The highest BCUT2D eigenvalue weighted by Crippen LogP contribution is 2.37. The number of phenolic OH excluding ortho intramolecular Hbond substituents is 1. The summed E-state index contributed by atoms with van der Waals surface area (Å²) in [5.41, 5.74) is 4.37. The number of aromatic hydroxyl groups is 1. The van der Waals surface area contributed by atoms with Crippen LogP contribution in [0, 0.1) is 13.8 Å². The van der Waals surface area contributed by atoms with Gasteiger partial charge in [-0.15, -0.1) is 0 Å². The molecular weight excluding hydrogens is 388 g/mol. The fourth-order valence-electron chi connectivity index (χ4n) is 2.74. The van der Waals surface area contributed by atoms with Crippen LogP contribution in [-0.2, 0) is 0 Å². The maximum Gasteiger partial charge on any atom is 0.258 e. The lowest BCUT2D eigenvalue weighted by atomic mass is 10.1. The van der Waals surface area contributed by atoms with Crippen LogP contribution in [0.25, 0.3) is 26.4 Å². The molecule has 4 nitrogen and oxygen atoms in total. The lowest BCUT2D eigenvalue weighted by Crippen LogP contribution is -2.10. The van der Waals surface area contributed by atoms with Gasteiger partial charge in [-0.2, -0.15) is 0 Å². The van der Waals surface area contributed by atoms with Crippen molar-refractivity contribution in [1.29, 1.82) is 0 Å². The minimum Gasteiger partial charge on any atom is -0.506 e. The molecule has 120 valence electrons. The lowest BCUT2D eigenvalue weighted by molar-refractivity contribution is 0.474. The molecule has 4 rings (SSSR count). The molecule has 0 radical (unpaired) electrons. The summed E-state index contributed by atoms with van der Waals surface area (Å²) >= 11 is 4.70. The average molecular weight is 401 g/mol. The number of nitrogens with zero attached hydrogens (tertiary/aromatic N) is 2. The van der Waals surface area contributed by atoms with Gasteiger partial charge in [-0.05, 0) is 65.2 Å². The normalized spacial score (nSPS) is 11.5. The van der Waals surface area contributed by atoms with Crippen molar-refractivity contribution in [1.82, 2.24) is 9.38 Å². The first-order chi connectivity index (χ1) is 11.5. The molecule has 0 aliphatic carbocycles. The van der Waals surface area contributed by atoms with Gasteiger partial charge < -0.3 is 5.11 Å². The number of imidazole rings is 1. The zero-order valence-electron chi connectivity index (χ0n) is 13.0. The van der Waals surface area contributed by atoms with Gasteiger partial charge in [0.1, 0.15) is 5.75 Å². The van der Waals surface area contributed by atoms with E-state index < -0.39 is 0 Å². The first-order valence-corrected chi connectivity index (χ1v) is 8.98. The number of aromatic nitrogens is 2. The fraction of sp³-hybridized carbons (Fsp3) is 0.111. The Kier molecular flexibility index (Phi) is 3.47. The highest BCUT2D eigenvalue weighted by atomic mass is 79.9. The van der Waals surface area contributed by atoms with Crippen LogP contribution in [0.4, 0.5) is 0 Å². The van der Waals surface area contributed by atoms with Crippen molar-refractivity contribution >= 4 is 43.3 Å². The van der Waals surface area contributed by atoms with E-state index in [0.717, 1.165) is 22.2 Å². The van der Waals surface area contributed by atoms with E-state index in [1.807, 2.05) is 32.0 Å². The molecular formula is C18H13BrN2O2S. The second-order valence-electron chi connectivity index (χ2n) is 5.74. The Morgan fingerprint density at radius 3 is 2.71 bits per heavy atom. The minimum absolute atomic E-state index is 0.125. The molecule has 2 aromatic carbocycles. The second-order valence-corrected chi connectivity index (χ2v) is 7.60. The summed E-state index contributed by atoms with van der Waals surface area (Å²) in [6, 6.07) is 10.9. The summed E-state index contributed by atoms with van der Waals surface area (Å²) in [5.74, 6) is 0.125. The highest BCUT2D eigenvalue weighted by molar-refractivity contribution is 9.10. The van der Waals surface area contributed by atoms with Crippen LogP contribution in [0.1, 0.15) is 11.1 Å². The summed E-state index contributed by atoms with van der Waals surface area (Å²) in [6.07, 6.45) is 0. The number of aryl methyl sites for hydroxylation is 2. The molecule has 4 aromatic rings. The first kappa shape index (κ1) is 15.4. The third-order valence-electron chi connectivity index (χ3n) is 4.17. The molecule has 0 unspecified atom stereocenters. The predicted octanol–water partition coefficient (Wildman–Crippen LogP) is 4.66. The summed E-state index contributed by atoms with van der Waals surface area (Å²) in [4.78, 5) is 18.6. The van der Waals surface area contributed by atoms with Gasteiger partial charge in [-0.25, -0.2) is 4.98 Å². The maximum absolute atomic E-state index is 12.7. The number of rotatable bonds is 1. The molecule has 0 saturated heterocycles. The molecule has 2 heterocycles. The van der Waals surface area contributed by atoms with E-state index in [9.17, 15) is 9.90 Å². The van der Waals surface area contributed by atoms with E-state index in [1.54, 1.807) is 22.6 Å². The van der Waals surface area contributed by atoms with Crippen molar-refractivity contribution in [2.45, 2.75) is 13.8 Å². The molecule has 0 saturated carbocycles. The summed E-state index contributed by atoms with van der Waals surface area (Å²) in [6.45, 7) is 4.06. The quantitative estimate of drug-likeness (QED) is 0.505. The maximum atomic E-state index is 12.7. The number of hydrogen-bond donors (Lipinski definition) is 1. The van der Waals surface area contributed by atoms with E-state index >= 15 is 0 Å². The Labute approximate surface area is 150 Å². The Morgan fingerprint density at radius 1 is 1.17 bits per heavy atom. The lowest BCUT2D eigenvalue weighted by Gasteiger charge is -2.05. The Balaban J connectivity index is 2.06. The van der Waals surface area contributed by atoms with Crippen LogP contribution in [0.2, 0.25) is 0 Å². The monoisotopic (exact) mass is 400 g/mol. The van der Waals surface area contributed by atoms with Crippen LogP contribution in [0.5, 0.6) is 5.75 Å². The molecule has 0 spiro atoms. The Morgan fingerprint density at radius 2 is 1.92 bits per heavy atom. The number of para-hydroxylation sites is 1. The van der Waals surface area contributed by atoms with E-state index in [-0.39, 0.29) is 11.3 Å². The van der Waals surface area contributed by atoms with Gasteiger partial charge in [-0.3, -0.25) is 9.20 Å². The number of fused-ring (bicyclic) bond motifs is 3. The summed E-state index contributed by atoms with van der Waals surface area (Å²) in [7, 11) is 0. The average Bonchev–Trinajstić information content (AvgIpc) is 2.88. The van der Waals surface area contributed by atoms with E-state index in [4.69, 9.17) is 0 Å². The molecule has 1 N–H and O–H groups in total. The Bertz CT molecular complexity index is 1180. The fourth-order valence-corrected chi connectivity index (χ4v) is 4.16. The van der Waals surface area contributed by atoms with Crippen molar-refractivity contribution in [3.63, 3.8) is 0 Å². The van der Waals surface area contributed by atoms with Crippen LogP contribution < -0.4 is 5.56 Å². The van der Waals surface area contributed by atoms with Gasteiger partial charge in [0.05, 0.1) is 15.5 Å². The van der Waals surface area contributed by atoms with E-state index in [2.05, 4.69) is 20.9 Å². The van der Waals surface area contributed by atoms with Crippen molar-refractivity contribution in [2.75, 3.05) is 0 Å². The molecule has 0 atom stereocenters. The van der Waals surface area contributed by atoms with Gasteiger partial charge in [0, 0.05) is 16.5 Å². The summed E-state index contributed by atoms with van der Waals surface area (Å²) in [5, 5.41) is 10.3. The zero-order chi connectivity index (χ0) is 17.0. The van der Waals surface area contributed by atoms with Gasteiger partial charge >= 0.3 is 0 Å². The van der Waals surface area contributed by atoms with Crippen molar-refractivity contribution in [3.8, 4) is 16.2 Å². The molecule has 24 heavy (non-hydrogen) atoms. The standard InChI is InChI=1S/C18H13BrN2O2S/c1-9-6-13-14(7-10(9)2)21-16(22)8-15(24-18(21)20-13)11-4-3-5-12(19)17(11)23/h3-8,23H,1-2H3. The van der Waals surface area contributed by atoms with Crippen LogP contribution in [0.3, 0.4) is 0 Å². The zero-order valence-corrected chi connectivity index (χ0v) is 15.4. The van der Waals surface area contributed by atoms with Gasteiger partial charge in [0.2, 0.25) is 0 Å². The Hall–Kier alpha value is -2.18. The predicted molar refractivity (Wildman–Crippen MR) is 101 cm³/mol. The third kappa shape index (κ3) is 2.25. The number of halogens is 1. The number of hydrogen-bond acceptors (Lipinski definition) is 4. The molecule has 0 aliphatic heterocycles. The van der Waals surface area contributed by atoms with Gasteiger partial charge in [0.15, 0.2) is 4.96 Å². The number of phenols is 1. The molecule has 0 amide bonds. The molecule has 2 aromatic heterocycles. The molecule has 6 heteroatoms. The topological polar surface area (TPSA) is 54.6 Å². The SMILES string of the molecule is Cc1cc2nc3sc(-c4cccc(Br)c4O)cc(=O)n3c2cc1C. The molecule has 0 fully saturated rings.